The third kappa shape index (κ3) is 5.51. The van der Waals surface area contributed by atoms with Crippen molar-refractivity contribution < 1.29 is 8.42 Å². The molecule has 0 atom stereocenters. The molecule has 0 aliphatic carbocycles. The molecule has 7 heavy (non-hydrogen) atoms. The predicted molar refractivity (Wildman–Crippen MR) is 28.1 cm³/mol. The molecule has 40 valence electrons. The highest BCUT2D eigenvalue weighted by molar-refractivity contribution is 7.80. The molecule has 0 spiro atoms. The molecule has 2 N–H and O–H groups in total. The zero-order chi connectivity index (χ0) is 5.86. The summed E-state index contributed by atoms with van der Waals surface area (Å²) >= 11 is 4.09. The molecule has 0 rings (SSSR count). The molecule has 0 bridgehead atoms. The minimum absolute atomic E-state index is 0.367. The Labute approximate surface area is 47.0 Å². The van der Waals surface area contributed by atoms with Gasteiger partial charge in [-0.05, 0) is 12.2 Å². The van der Waals surface area contributed by atoms with Gasteiger partial charge in [0.05, 0.1) is 0 Å². The van der Waals surface area contributed by atoms with Crippen LogP contribution in [0.3, 0.4) is 0 Å². The Kier molecular flexibility index (Phi) is 2.46. The van der Waals surface area contributed by atoms with Crippen LogP contribution in [0.1, 0.15) is 0 Å². The second-order valence-electron chi connectivity index (χ2n) is 0.647. The first-order chi connectivity index (χ1) is 3.13. The molecule has 0 aromatic heterocycles. The molecule has 0 aliphatic rings. The van der Waals surface area contributed by atoms with Crippen LogP contribution in [0.2, 0.25) is 0 Å². The summed E-state index contributed by atoms with van der Waals surface area (Å²) in [4.78, 5) is 0. The Morgan fingerprint density at radius 2 is 2.14 bits per heavy atom. The Hall–Kier alpha value is -0.490. The van der Waals surface area contributed by atoms with E-state index in [1.807, 2.05) is 0 Å². The van der Waals surface area contributed by atoms with E-state index in [4.69, 9.17) is 0 Å². The van der Waals surface area contributed by atoms with E-state index in [-0.39, 0.29) is 5.11 Å². The maximum atomic E-state index is 9.48. The maximum Gasteiger partial charge on any atom is 0.318 e. The monoisotopic (exact) mass is 138 g/mol. The largest absolute Gasteiger partial charge is 0.374 e. The van der Waals surface area contributed by atoms with Crippen molar-refractivity contribution in [2.24, 2.45) is 10.1 Å². The lowest BCUT2D eigenvalue weighted by atomic mass is 11.3. The van der Waals surface area contributed by atoms with E-state index in [0.29, 0.717) is 0 Å². The number of rotatable bonds is 0. The van der Waals surface area contributed by atoms with Gasteiger partial charge < -0.3 is 5.73 Å². The van der Waals surface area contributed by atoms with Gasteiger partial charge in [-0.2, -0.15) is 8.42 Å². The summed E-state index contributed by atoms with van der Waals surface area (Å²) in [7, 11) is -2.49. The number of nitrogens with two attached hydrogens (primary N) is 1. The Balaban J connectivity index is 4.26. The van der Waals surface area contributed by atoms with E-state index in [0.717, 1.165) is 0 Å². The SMILES string of the molecule is NC(=S)N=S(=O)=O. The fourth-order valence-corrected chi connectivity index (χ4v) is 0.403. The summed E-state index contributed by atoms with van der Waals surface area (Å²) in [5, 5.41) is -0.367. The zero-order valence-corrected chi connectivity index (χ0v) is 4.79. The van der Waals surface area contributed by atoms with E-state index in [2.05, 4.69) is 22.3 Å². The molecular weight excluding hydrogens is 136 g/mol. The predicted octanol–water partition coefficient (Wildman–Crippen LogP) is -0.707. The molecule has 0 saturated heterocycles. The minimum Gasteiger partial charge on any atom is -0.374 e. The molecule has 0 heterocycles. The molecule has 0 aromatic rings. The van der Waals surface area contributed by atoms with Gasteiger partial charge in [0.25, 0.3) is 0 Å². The van der Waals surface area contributed by atoms with Gasteiger partial charge in [-0.1, -0.05) is 0 Å². The van der Waals surface area contributed by atoms with Gasteiger partial charge in [0, 0.05) is 0 Å². The number of nitrogens with zero attached hydrogens (tertiary/aromatic N) is 1. The Morgan fingerprint density at radius 3 is 2.14 bits per heavy atom. The van der Waals surface area contributed by atoms with Crippen molar-refractivity contribution in [2.45, 2.75) is 0 Å². The maximum absolute atomic E-state index is 9.48. The lowest BCUT2D eigenvalue weighted by molar-refractivity contribution is 0.623. The molecule has 0 aliphatic heterocycles. The van der Waals surface area contributed by atoms with E-state index >= 15 is 0 Å². The lowest BCUT2D eigenvalue weighted by Crippen LogP contribution is -2.01. The van der Waals surface area contributed by atoms with Crippen molar-refractivity contribution in [1.29, 1.82) is 0 Å². The fourth-order valence-electron chi connectivity index (χ4n) is 0.0735. The first-order valence-corrected chi connectivity index (χ1v) is 2.67. The van der Waals surface area contributed by atoms with E-state index in [1.54, 1.807) is 0 Å². The van der Waals surface area contributed by atoms with Crippen LogP contribution in [0.5, 0.6) is 0 Å². The smallest absolute Gasteiger partial charge is 0.318 e. The fraction of sp³-hybridized carbons (Fsp3) is 0. The van der Waals surface area contributed by atoms with Crippen molar-refractivity contribution in [3.05, 3.63) is 0 Å². The summed E-state index contributed by atoms with van der Waals surface area (Å²) < 4.78 is 21.7. The van der Waals surface area contributed by atoms with Gasteiger partial charge >= 0.3 is 10.5 Å². The van der Waals surface area contributed by atoms with Crippen molar-refractivity contribution in [1.82, 2.24) is 0 Å². The molecule has 0 aromatic carbocycles. The number of hydrogen-bond donors (Lipinski definition) is 1. The first kappa shape index (κ1) is 6.51. The van der Waals surface area contributed by atoms with Gasteiger partial charge in [0.15, 0.2) is 0 Å². The van der Waals surface area contributed by atoms with Gasteiger partial charge in [0.1, 0.15) is 0 Å². The molecule has 6 heteroatoms. The van der Waals surface area contributed by atoms with Crippen LogP contribution < -0.4 is 5.73 Å². The molecule has 0 saturated carbocycles. The van der Waals surface area contributed by atoms with E-state index in [9.17, 15) is 8.42 Å². The van der Waals surface area contributed by atoms with Crippen LogP contribution in [-0.4, -0.2) is 13.5 Å². The van der Waals surface area contributed by atoms with Gasteiger partial charge in [-0.15, -0.1) is 4.36 Å². The average Bonchev–Trinajstić information content (AvgIpc) is 1.27. The van der Waals surface area contributed by atoms with Gasteiger partial charge in [-0.25, -0.2) is 0 Å². The van der Waals surface area contributed by atoms with E-state index in [1.165, 1.54) is 0 Å². The Morgan fingerprint density at radius 1 is 1.71 bits per heavy atom. The zero-order valence-electron chi connectivity index (χ0n) is 3.16. The third-order valence-electron chi connectivity index (χ3n) is 0.165. The van der Waals surface area contributed by atoms with Crippen LogP contribution in [-0.2, 0) is 10.5 Å². The van der Waals surface area contributed by atoms with Crippen LogP contribution in [0.15, 0.2) is 4.36 Å². The third-order valence-corrected chi connectivity index (χ3v) is 0.717. The minimum atomic E-state index is -2.49. The second kappa shape index (κ2) is 2.64. The molecule has 0 amide bonds. The quantitative estimate of drug-likeness (QED) is 0.449. The molecule has 0 unspecified atom stereocenters. The highest BCUT2D eigenvalue weighted by atomic mass is 32.2. The van der Waals surface area contributed by atoms with Crippen molar-refractivity contribution in [3.8, 4) is 0 Å². The van der Waals surface area contributed by atoms with Crippen LogP contribution in [0.25, 0.3) is 0 Å². The van der Waals surface area contributed by atoms with Crippen molar-refractivity contribution in [3.63, 3.8) is 0 Å². The summed E-state index contributed by atoms with van der Waals surface area (Å²) in [6.07, 6.45) is 0. The first-order valence-electron chi connectivity index (χ1n) is 1.23. The Bertz CT molecular complexity index is 182. The van der Waals surface area contributed by atoms with Crippen molar-refractivity contribution in [2.75, 3.05) is 0 Å². The molecule has 4 nitrogen and oxygen atoms in total. The van der Waals surface area contributed by atoms with Gasteiger partial charge in [-0.3, -0.25) is 0 Å². The number of hydrogen-bond acceptors (Lipinski definition) is 3. The molecule has 0 radical (unpaired) electrons. The highest BCUT2D eigenvalue weighted by Crippen LogP contribution is 1.63. The van der Waals surface area contributed by atoms with Crippen LogP contribution >= 0.6 is 12.2 Å². The standard InChI is InChI=1S/CH2N2O2S2/c2-1(6)3-7(4)5/h(H2,2,6). The van der Waals surface area contributed by atoms with E-state index < -0.39 is 10.5 Å². The van der Waals surface area contributed by atoms with Crippen LogP contribution in [0, 0.1) is 0 Å². The summed E-state index contributed by atoms with van der Waals surface area (Å²) in [5.74, 6) is 0. The summed E-state index contributed by atoms with van der Waals surface area (Å²) in [6, 6.07) is 0. The lowest BCUT2D eigenvalue weighted by Gasteiger charge is -1.68. The summed E-state index contributed by atoms with van der Waals surface area (Å²) in [5.41, 5.74) is 4.67. The topological polar surface area (TPSA) is 72.5 Å². The summed E-state index contributed by atoms with van der Waals surface area (Å²) in [6.45, 7) is 0. The highest BCUT2D eigenvalue weighted by Gasteiger charge is 1.74. The normalized spacial score (nSPS) is 7.43. The average molecular weight is 138 g/mol. The van der Waals surface area contributed by atoms with Gasteiger partial charge in [0.2, 0.25) is 5.11 Å². The van der Waals surface area contributed by atoms with Crippen molar-refractivity contribution >= 4 is 27.8 Å². The van der Waals surface area contributed by atoms with Crippen LogP contribution in [0.4, 0.5) is 0 Å². The molecule has 0 fully saturated rings. The number of thiocarbonyl (C=S) groups is 1. The molecular formula is CH2N2O2S2. The second-order valence-corrected chi connectivity index (χ2v) is 1.68.